The summed E-state index contributed by atoms with van der Waals surface area (Å²) in [6, 6.07) is 9.23. The zero-order valence-corrected chi connectivity index (χ0v) is 10.1. The number of methoxy groups -OCH3 is 1. The highest BCUT2D eigenvalue weighted by Crippen LogP contribution is 2.13. The van der Waals surface area contributed by atoms with Crippen LogP contribution in [0.25, 0.3) is 0 Å². The Labute approximate surface area is 102 Å². The van der Waals surface area contributed by atoms with Crippen LogP contribution in [0.4, 0.5) is 0 Å². The van der Waals surface area contributed by atoms with Gasteiger partial charge in [-0.25, -0.2) is 0 Å². The Bertz CT molecular complexity index is 327. The first-order chi connectivity index (χ1) is 8.24. The van der Waals surface area contributed by atoms with Crippen LogP contribution in [0, 0.1) is 0 Å². The fourth-order valence-corrected chi connectivity index (χ4v) is 1.45. The van der Waals surface area contributed by atoms with Crippen molar-refractivity contribution in [2.75, 3.05) is 20.3 Å². The highest BCUT2D eigenvalue weighted by Gasteiger charge is 2.12. The number of rotatable bonds is 7. The minimum Gasteiger partial charge on any atom is -0.466 e. The molecule has 0 aliphatic heterocycles. The Morgan fingerprint density at radius 3 is 2.65 bits per heavy atom. The number of carbonyl (C=O) groups is 1. The molecule has 0 amide bonds. The van der Waals surface area contributed by atoms with E-state index in [1.54, 1.807) is 7.11 Å². The molecule has 0 saturated carbocycles. The number of esters is 1. The summed E-state index contributed by atoms with van der Waals surface area (Å²) in [5.41, 5.74) is 6.85. The molecule has 0 bridgehead atoms. The van der Waals surface area contributed by atoms with E-state index in [9.17, 15) is 4.79 Å². The molecule has 17 heavy (non-hydrogen) atoms. The molecule has 94 valence electrons. The second kappa shape index (κ2) is 7.81. The van der Waals surface area contributed by atoms with Crippen LogP contribution in [0.15, 0.2) is 30.3 Å². The third-order valence-corrected chi connectivity index (χ3v) is 2.37. The van der Waals surface area contributed by atoms with E-state index in [1.165, 1.54) is 0 Å². The van der Waals surface area contributed by atoms with Crippen molar-refractivity contribution in [3.63, 3.8) is 0 Å². The molecule has 1 aromatic rings. The summed E-state index contributed by atoms with van der Waals surface area (Å²) in [5.74, 6) is -0.266. The lowest BCUT2D eigenvalue weighted by atomic mass is 10.1. The number of hydrogen-bond acceptors (Lipinski definition) is 4. The van der Waals surface area contributed by atoms with Crippen LogP contribution in [0.2, 0.25) is 0 Å². The second-order valence-electron chi connectivity index (χ2n) is 3.79. The highest BCUT2D eigenvalue weighted by atomic mass is 16.5. The Kier molecular flexibility index (Phi) is 6.29. The van der Waals surface area contributed by atoms with Crippen LogP contribution >= 0.6 is 0 Å². The summed E-state index contributed by atoms with van der Waals surface area (Å²) in [6.07, 6.45) is 0.916. The summed E-state index contributed by atoms with van der Waals surface area (Å²) >= 11 is 0. The van der Waals surface area contributed by atoms with Gasteiger partial charge in [0.2, 0.25) is 0 Å². The van der Waals surface area contributed by atoms with Crippen molar-refractivity contribution in [2.45, 2.75) is 18.9 Å². The molecule has 4 heteroatoms. The van der Waals surface area contributed by atoms with Crippen molar-refractivity contribution in [3.8, 4) is 0 Å². The highest BCUT2D eigenvalue weighted by molar-refractivity contribution is 5.70. The first-order valence-electron chi connectivity index (χ1n) is 5.69. The van der Waals surface area contributed by atoms with E-state index in [4.69, 9.17) is 15.2 Å². The Hall–Kier alpha value is -1.39. The van der Waals surface area contributed by atoms with Gasteiger partial charge in [0.25, 0.3) is 0 Å². The summed E-state index contributed by atoms with van der Waals surface area (Å²) in [4.78, 5) is 11.4. The van der Waals surface area contributed by atoms with Gasteiger partial charge >= 0.3 is 5.97 Å². The van der Waals surface area contributed by atoms with Crippen LogP contribution in [0.3, 0.4) is 0 Å². The number of carbonyl (C=O) groups excluding carboxylic acids is 1. The molecule has 0 saturated heterocycles. The monoisotopic (exact) mass is 237 g/mol. The van der Waals surface area contributed by atoms with Gasteiger partial charge in [0, 0.05) is 26.2 Å². The molecular weight excluding hydrogens is 218 g/mol. The van der Waals surface area contributed by atoms with E-state index in [0.717, 1.165) is 5.56 Å². The predicted octanol–water partition coefficient (Wildman–Crippen LogP) is 1.66. The predicted molar refractivity (Wildman–Crippen MR) is 65.4 cm³/mol. The average Bonchev–Trinajstić information content (AvgIpc) is 2.36. The van der Waals surface area contributed by atoms with Crippen molar-refractivity contribution in [1.29, 1.82) is 0 Å². The number of hydrogen-bond donors (Lipinski definition) is 1. The van der Waals surface area contributed by atoms with Crippen molar-refractivity contribution < 1.29 is 14.3 Å². The number of ether oxygens (including phenoxy) is 2. The molecule has 4 nitrogen and oxygen atoms in total. The first kappa shape index (κ1) is 13.7. The Balaban J connectivity index is 2.26. The zero-order valence-electron chi connectivity index (χ0n) is 10.1. The van der Waals surface area contributed by atoms with Crippen molar-refractivity contribution in [3.05, 3.63) is 35.9 Å². The van der Waals surface area contributed by atoms with Gasteiger partial charge in [0.05, 0.1) is 13.0 Å². The van der Waals surface area contributed by atoms with E-state index in [0.29, 0.717) is 19.6 Å². The van der Waals surface area contributed by atoms with Crippen molar-refractivity contribution in [1.82, 2.24) is 0 Å². The van der Waals surface area contributed by atoms with Gasteiger partial charge in [-0.3, -0.25) is 4.79 Å². The van der Waals surface area contributed by atoms with Crippen LogP contribution in [0.5, 0.6) is 0 Å². The summed E-state index contributed by atoms with van der Waals surface area (Å²) in [7, 11) is 1.62. The fraction of sp³-hybridized carbons (Fsp3) is 0.462. The average molecular weight is 237 g/mol. The third-order valence-electron chi connectivity index (χ3n) is 2.37. The van der Waals surface area contributed by atoms with Gasteiger partial charge < -0.3 is 15.2 Å². The van der Waals surface area contributed by atoms with Crippen molar-refractivity contribution >= 4 is 5.97 Å². The van der Waals surface area contributed by atoms with E-state index < -0.39 is 0 Å². The Morgan fingerprint density at radius 2 is 2.00 bits per heavy atom. The maximum absolute atomic E-state index is 11.4. The zero-order chi connectivity index (χ0) is 12.5. The molecular formula is C13H19NO3. The Morgan fingerprint density at radius 1 is 1.29 bits per heavy atom. The van der Waals surface area contributed by atoms with Gasteiger partial charge in [-0.15, -0.1) is 0 Å². The molecule has 1 atom stereocenters. The first-order valence-corrected chi connectivity index (χ1v) is 5.69. The van der Waals surface area contributed by atoms with Crippen LogP contribution < -0.4 is 5.73 Å². The largest absolute Gasteiger partial charge is 0.466 e. The fourth-order valence-electron chi connectivity index (χ4n) is 1.45. The summed E-state index contributed by atoms with van der Waals surface area (Å²) in [5, 5.41) is 0. The SMILES string of the molecule is COCCCOC(=O)CC(N)c1ccccc1. The second-order valence-corrected chi connectivity index (χ2v) is 3.79. The number of benzene rings is 1. The minimum absolute atomic E-state index is 0.205. The third kappa shape index (κ3) is 5.47. The molecule has 0 aromatic heterocycles. The molecule has 0 heterocycles. The normalized spacial score (nSPS) is 12.1. The maximum Gasteiger partial charge on any atom is 0.307 e. The lowest BCUT2D eigenvalue weighted by Gasteiger charge is -2.11. The molecule has 0 radical (unpaired) electrons. The lowest BCUT2D eigenvalue weighted by molar-refractivity contribution is -0.144. The van der Waals surface area contributed by atoms with Gasteiger partial charge in [0.15, 0.2) is 0 Å². The molecule has 0 aliphatic carbocycles. The summed E-state index contributed by atoms with van der Waals surface area (Å²) < 4.78 is 9.90. The van der Waals surface area contributed by atoms with Gasteiger partial charge in [0.1, 0.15) is 0 Å². The van der Waals surface area contributed by atoms with E-state index in [-0.39, 0.29) is 18.4 Å². The minimum atomic E-state index is -0.300. The van der Waals surface area contributed by atoms with Crippen LogP contribution in [0.1, 0.15) is 24.4 Å². The van der Waals surface area contributed by atoms with Gasteiger partial charge in [-0.05, 0) is 5.56 Å². The summed E-state index contributed by atoms with van der Waals surface area (Å²) in [6.45, 7) is 0.978. The number of nitrogens with two attached hydrogens (primary N) is 1. The van der Waals surface area contributed by atoms with E-state index in [1.807, 2.05) is 30.3 Å². The van der Waals surface area contributed by atoms with Gasteiger partial charge in [-0.1, -0.05) is 30.3 Å². The molecule has 1 rings (SSSR count). The molecule has 1 unspecified atom stereocenters. The standard InChI is InChI=1S/C13H19NO3/c1-16-8-5-9-17-13(15)10-12(14)11-6-3-2-4-7-11/h2-4,6-7,12H,5,8-10,14H2,1H3. The van der Waals surface area contributed by atoms with E-state index >= 15 is 0 Å². The molecule has 0 fully saturated rings. The smallest absolute Gasteiger partial charge is 0.307 e. The van der Waals surface area contributed by atoms with Crippen LogP contribution in [-0.4, -0.2) is 26.3 Å². The van der Waals surface area contributed by atoms with Crippen LogP contribution in [-0.2, 0) is 14.3 Å². The quantitative estimate of drug-likeness (QED) is 0.578. The topological polar surface area (TPSA) is 61.5 Å². The molecule has 0 spiro atoms. The molecule has 0 aliphatic rings. The molecule has 1 aromatic carbocycles. The maximum atomic E-state index is 11.4. The van der Waals surface area contributed by atoms with Gasteiger partial charge in [-0.2, -0.15) is 0 Å². The van der Waals surface area contributed by atoms with E-state index in [2.05, 4.69) is 0 Å². The molecule has 2 N–H and O–H groups in total. The van der Waals surface area contributed by atoms with Crippen molar-refractivity contribution in [2.24, 2.45) is 5.73 Å². The lowest BCUT2D eigenvalue weighted by Crippen LogP contribution is -2.17.